The number of carbonyl (C=O) groups is 1. The Labute approximate surface area is 74.3 Å². The van der Waals surface area contributed by atoms with Gasteiger partial charge in [-0.15, -0.1) is 12.4 Å². The quantitative estimate of drug-likeness (QED) is 0.607. The number of amides is 1. The van der Waals surface area contributed by atoms with Gasteiger partial charge >= 0.3 is 0 Å². The van der Waals surface area contributed by atoms with Gasteiger partial charge in [-0.05, 0) is 26.9 Å². The maximum Gasteiger partial charge on any atom is 0.220 e. The number of hydrogen-bond acceptors (Lipinski definition) is 2. The molecule has 0 saturated heterocycles. The third-order valence-corrected chi connectivity index (χ3v) is 1.20. The van der Waals surface area contributed by atoms with Gasteiger partial charge in [-0.25, -0.2) is 0 Å². The summed E-state index contributed by atoms with van der Waals surface area (Å²) in [5.74, 6) is 0.151. The van der Waals surface area contributed by atoms with E-state index in [0.717, 1.165) is 19.5 Å². The summed E-state index contributed by atoms with van der Waals surface area (Å²) in [5.41, 5.74) is 0. The van der Waals surface area contributed by atoms with E-state index in [1.807, 2.05) is 14.0 Å². The van der Waals surface area contributed by atoms with Crippen molar-refractivity contribution >= 4 is 18.3 Å². The Balaban J connectivity index is 0. The highest BCUT2D eigenvalue weighted by Gasteiger charge is 1.96. The maximum absolute atomic E-state index is 10.8. The molecule has 3 nitrogen and oxygen atoms in total. The van der Waals surface area contributed by atoms with Crippen LogP contribution in [0, 0.1) is 0 Å². The summed E-state index contributed by atoms with van der Waals surface area (Å²) in [6.07, 6.45) is 1.55. The Morgan fingerprint density at radius 3 is 2.55 bits per heavy atom. The molecule has 0 saturated carbocycles. The van der Waals surface area contributed by atoms with E-state index in [4.69, 9.17) is 0 Å². The minimum atomic E-state index is 0. The monoisotopic (exact) mass is 180 g/mol. The second kappa shape index (κ2) is 9.72. The molecule has 1 amide bonds. The van der Waals surface area contributed by atoms with Gasteiger partial charge in [0.05, 0.1) is 0 Å². The summed E-state index contributed by atoms with van der Waals surface area (Å²) in [4.78, 5) is 10.8. The van der Waals surface area contributed by atoms with Crippen LogP contribution in [0.5, 0.6) is 0 Å². The summed E-state index contributed by atoms with van der Waals surface area (Å²) >= 11 is 0. The Morgan fingerprint density at radius 1 is 1.45 bits per heavy atom. The molecular weight excluding hydrogens is 164 g/mol. The molecule has 0 aromatic rings. The van der Waals surface area contributed by atoms with Crippen LogP contribution in [0.4, 0.5) is 0 Å². The van der Waals surface area contributed by atoms with Crippen LogP contribution in [0.1, 0.15) is 19.8 Å². The molecule has 11 heavy (non-hydrogen) atoms. The highest BCUT2D eigenvalue weighted by molar-refractivity contribution is 5.85. The van der Waals surface area contributed by atoms with Crippen LogP contribution in [0.2, 0.25) is 0 Å². The number of rotatable bonds is 5. The fourth-order valence-electron chi connectivity index (χ4n) is 0.711. The van der Waals surface area contributed by atoms with Crippen LogP contribution < -0.4 is 10.6 Å². The maximum atomic E-state index is 10.8. The summed E-state index contributed by atoms with van der Waals surface area (Å²) < 4.78 is 0. The Hall–Kier alpha value is -0.280. The van der Waals surface area contributed by atoms with Crippen LogP contribution >= 0.6 is 12.4 Å². The molecule has 0 bridgehead atoms. The van der Waals surface area contributed by atoms with Crippen molar-refractivity contribution in [2.75, 3.05) is 20.1 Å². The average molecular weight is 181 g/mol. The molecular formula is C7H17ClN2O. The topological polar surface area (TPSA) is 41.1 Å². The van der Waals surface area contributed by atoms with E-state index < -0.39 is 0 Å². The molecule has 0 radical (unpaired) electrons. The van der Waals surface area contributed by atoms with E-state index >= 15 is 0 Å². The van der Waals surface area contributed by atoms with Gasteiger partial charge in [0.1, 0.15) is 0 Å². The predicted molar refractivity (Wildman–Crippen MR) is 49.1 cm³/mol. The van der Waals surface area contributed by atoms with Crippen molar-refractivity contribution < 1.29 is 4.79 Å². The fourth-order valence-corrected chi connectivity index (χ4v) is 0.711. The smallest absolute Gasteiger partial charge is 0.220 e. The molecule has 0 heterocycles. The molecule has 0 aliphatic carbocycles. The third-order valence-electron chi connectivity index (χ3n) is 1.20. The van der Waals surface area contributed by atoms with Gasteiger partial charge in [-0.3, -0.25) is 4.79 Å². The molecule has 0 fully saturated rings. The van der Waals surface area contributed by atoms with Crippen molar-refractivity contribution in [2.45, 2.75) is 19.8 Å². The van der Waals surface area contributed by atoms with Crippen LogP contribution in [0.25, 0.3) is 0 Å². The molecule has 0 rings (SSSR count). The van der Waals surface area contributed by atoms with E-state index in [1.54, 1.807) is 0 Å². The minimum Gasteiger partial charge on any atom is -0.356 e. The SMILES string of the molecule is CCNC(=O)CCCNC.Cl. The molecule has 0 aliphatic rings. The predicted octanol–water partition coefficient (Wildman–Crippen LogP) is 0.544. The lowest BCUT2D eigenvalue weighted by Crippen LogP contribution is -2.23. The highest BCUT2D eigenvalue weighted by atomic mass is 35.5. The van der Waals surface area contributed by atoms with Crippen LogP contribution in [-0.2, 0) is 4.79 Å². The van der Waals surface area contributed by atoms with Gasteiger partial charge in [-0.2, -0.15) is 0 Å². The number of hydrogen-bond donors (Lipinski definition) is 2. The van der Waals surface area contributed by atoms with Gasteiger partial charge in [0.15, 0.2) is 0 Å². The molecule has 0 atom stereocenters. The largest absolute Gasteiger partial charge is 0.356 e. The highest BCUT2D eigenvalue weighted by Crippen LogP contribution is 1.85. The zero-order valence-corrected chi connectivity index (χ0v) is 7.96. The summed E-state index contributed by atoms with van der Waals surface area (Å²) in [6, 6.07) is 0. The lowest BCUT2D eigenvalue weighted by atomic mass is 10.3. The van der Waals surface area contributed by atoms with Gasteiger partial charge in [0.2, 0.25) is 5.91 Å². The van der Waals surface area contributed by atoms with E-state index in [9.17, 15) is 4.79 Å². The van der Waals surface area contributed by atoms with Gasteiger partial charge < -0.3 is 10.6 Å². The Bertz CT molecular complexity index is 98.4. The van der Waals surface area contributed by atoms with Gasteiger partial charge in [-0.1, -0.05) is 0 Å². The van der Waals surface area contributed by atoms with E-state index in [1.165, 1.54) is 0 Å². The van der Waals surface area contributed by atoms with E-state index in [2.05, 4.69) is 10.6 Å². The lowest BCUT2D eigenvalue weighted by Gasteiger charge is -2.00. The van der Waals surface area contributed by atoms with Gasteiger partial charge in [0.25, 0.3) is 0 Å². The normalized spacial score (nSPS) is 8.55. The summed E-state index contributed by atoms with van der Waals surface area (Å²) in [7, 11) is 1.89. The summed E-state index contributed by atoms with van der Waals surface area (Å²) in [5, 5.41) is 5.72. The fraction of sp³-hybridized carbons (Fsp3) is 0.857. The standard InChI is InChI=1S/C7H16N2O.ClH/c1-3-9-7(10)5-4-6-8-2;/h8H,3-6H2,1-2H3,(H,9,10);1H. The molecule has 0 spiro atoms. The zero-order chi connectivity index (χ0) is 7.82. The van der Waals surface area contributed by atoms with Crippen LogP contribution in [0.15, 0.2) is 0 Å². The second-order valence-electron chi connectivity index (χ2n) is 2.16. The molecule has 0 aliphatic heterocycles. The number of carbonyl (C=O) groups excluding carboxylic acids is 1. The second-order valence-corrected chi connectivity index (χ2v) is 2.16. The first-order valence-electron chi connectivity index (χ1n) is 3.72. The van der Waals surface area contributed by atoms with Crippen molar-refractivity contribution in [3.05, 3.63) is 0 Å². The Kier molecular flexibility index (Phi) is 11.8. The summed E-state index contributed by atoms with van der Waals surface area (Å²) in [6.45, 7) is 3.57. The first-order chi connectivity index (χ1) is 4.81. The zero-order valence-electron chi connectivity index (χ0n) is 7.14. The minimum absolute atomic E-state index is 0. The molecule has 2 N–H and O–H groups in total. The average Bonchev–Trinajstić information content (AvgIpc) is 1.89. The van der Waals surface area contributed by atoms with Crippen molar-refractivity contribution in [3.63, 3.8) is 0 Å². The van der Waals surface area contributed by atoms with E-state index in [0.29, 0.717) is 6.42 Å². The third kappa shape index (κ3) is 9.72. The molecule has 0 aromatic carbocycles. The van der Waals surface area contributed by atoms with Gasteiger partial charge in [0, 0.05) is 13.0 Å². The van der Waals surface area contributed by atoms with Crippen molar-refractivity contribution in [2.24, 2.45) is 0 Å². The van der Waals surface area contributed by atoms with Crippen molar-refractivity contribution in [1.29, 1.82) is 0 Å². The molecule has 0 unspecified atom stereocenters. The molecule has 68 valence electrons. The lowest BCUT2D eigenvalue weighted by molar-refractivity contribution is -0.121. The molecule has 4 heteroatoms. The number of nitrogens with one attached hydrogen (secondary N) is 2. The van der Waals surface area contributed by atoms with E-state index in [-0.39, 0.29) is 18.3 Å². The first kappa shape index (κ1) is 13.3. The van der Waals surface area contributed by atoms with Crippen molar-refractivity contribution in [3.8, 4) is 0 Å². The molecule has 0 aromatic heterocycles. The Morgan fingerprint density at radius 2 is 2.09 bits per heavy atom. The van der Waals surface area contributed by atoms with Crippen LogP contribution in [-0.4, -0.2) is 26.0 Å². The first-order valence-corrected chi connectivity index (χ1v) is 3.72. The number of halogens is 1. The van der Waals surface area contributed by atoms with Crippen molar-refractivity contribution in [1.82, 2.24) is 10.6 Å². The van der Waals surface area contributed by atoms with Crippen LogP contribution in [0.3, 0.4) is 0 Å².